The Hall–Kier alpha value is -2.30. The van der Waals surface area contributed by atoms with Crippen LogP contribution >= 0.6 is 0 Å². The van der Waals surface area contributed by atoms with E-state index in [1.165, 1.54) is 0 Å². The predicted octanol–water partition coefficient (Wildman–Crippen LogP) is 4.20. The van der Waals surface area contributed by atoms with Crippen molar-refractivity contribution in [2.24, 2.45) is 5.41 Å². The third kappa shape index (κ3) is 3.92. The number of hydrogen-bond donors (Lipinski definition) is 1. The lowest BCUT2D eigenvalue weighted by Crippen LogP contribution is -2.33. The van der Waals surface area contributed by atoms with Crippen LogP contribution in [0.2, 0.25) is 0 Å². The van der Waals surface area contributed by atoms with Crippen LogP contribution in [-0.4, -0.2) is 35.4 Å². The van der Waals surface area contributed by atoms with Crippen molar-refractivity contribution in [1.29, 1.82) is 0 Å². The molecule has 0 aliphatic carbocycles. The van der Waals surface area contributed by atoms with Crippen molar-refractivity contribution in [3.8, 4) is 5.75 Å². The van der Waals surface area contributed by atoms with E-state index >= 15 is 0 Å². The van der Waals surface area contributed by atoms with Crippen LogP contribution in [0.5, 0.6) is 5.75 Å². The van der Waals surface area contributed by atoms with Crippen LogP contribution in [0.3, 0.4) is 0 Å². The van der Waals surface area contributed by atoms with Gasteiger partial charge in [0, 0.05) is 12.0 Å². The molecule has 26 heavy (non-hydrogen) atoms. The Balaban J connectivity index is 2.48. The van der Waals surface area contributed by atoms with E-state index in [1.807, 2.05) is 12.1 Å². The molecule has 1 aromatic carbocycles. The second-order valence-electron chi connectivity index (χ2n) is 7.72. The summed E-state index contributed by atoms with van der Waals surface area (Å²) in [5, 5.41) is 10.5. The highest BCUT2D eigenvalue weighted by molar-refractivity contribution is 6.10. The summed E-state index contributed by atoms with van der Waals surface area (Å²) in [6, 6.07) is 6.74. The van der Waals surface area contributed by atoms with E-state index in [1.54, 1.807) is 44.9 Å². The number of aliphatic hydroxyl groups excluding tert-OH is 1. The van der Waals surface area contributed by atoms with Crippen LogP contribution in [0.25, 0.3) is 0 Å². The van der Waals surface area contributed by atoms with Crippen LogP contribution in [0.1, 0.15) is 58.6 Å². The molecule has 1 N–H and O–H groups in total. The second kappa shape index (κ2) is 7.94. The van der Waals surface area contributed by atoms with Crippen LogP contribution in [0.4, 0.5) is 0 Å². The lowest BCUT2D eigenvalue weighted by molar-refractivity contribution is -0.129. The van der Waals surface area contributed by atoms with Gasteiger partial charge in [-0.3, -0.25) is 9.59 Å². The fourth-order valence-electron chi connectivity index (χ4n) is 3.19. The smallest absolute Gasteiger partial charge is 0.290 e. The molecule has 1 unspecified atom stereocenters. The molecule has 5 nitrogen and oxygen atoms in total. The van der Waals surface area contributed by atoms with Crippen molar-refractivity contribution in [3.63, 3.8) is 0 Å². The average Bonchev–Trinajstić information content (AvgIpc) is 2.85. The van der Waals surface area contributed by atoms with Gasteiger partial charge in [0.25, 0.3) is 5.91 Å². The van der Waals surface area contributed by atoms with E-state index in [4.69, 9.17) is 4.74 Å². The van der Waals surface area contributed by atoms with Crippen molar-refractivity contribution in [1.82, 2.24) is 4.90 Å². The Morgan fingerprint density at radius 2 is 1.81 bits per heavy atom. The van der Waals surface area contributed by atoms with E-state index < -0.39 is 23.1 Å². The van der Waals surface area contributed by atoms with Crippen molar-refractivity contribution in [2.45, 2.75) is 53.0 Å². The number of Topliss-reactive ketones (excluding diaryl/α,β-unsaturated/α-hetero) is 1. The molecule has 5 heteroatoms. The summed E-state index contributed by atoms with van der Waals surface area (Å²) in [6.07, 6.45) is 2.85. The number of benzene rings is 1. The largest absolute Gasteiger partial charge is 0.503 e. The third-order valence-corrected chi connectivity index (χ3v) is 4.66. The van der Waals surface area contributed by atoms with Gasteiger partial charge in [0.05, 0.1) is 18.7 Å². The number of unbranched alkanes of at least 4 members (excludes halogenated alkanes) is 2. The maximum absolute atomic E-state index is 13.0. The Bertz CT molecular complexity index is 698. The van der Waals surface area contributed by atoms with Gasteiger partial charge in [-0.1, -0.05) is 52.7 Å². The summed E-state index contributed by atoms with van der Waals surface area (Å²) >= 11 is 0. The number of aliphatic hydroxyl groups is 1. The molecule has 0 saturated heterocycles. The predicted molar refractivity (Wildman–Crippen MR) is 101 cm³/mol. The van der Waals surface area contributed by atoms with Gasteiger partial charge in [0.15, 0.2) is 11.5 Å². The lowest BCUT2D eigenvalue weighted by Gasteiger charge is -2.29. The van der Waals surface area contributed by atoms with E-state index in [0.717, 1.165) is 24.8 Å². The number of methoxy groups -OCH3 is 1. The Morgan fingerprint density at radius 1 is 1.19 bits per heavy atom. The number of nitrogens with zero attached hydrogens (tertiary/aromatic N) is 1. The molecule has 1 heterocycles. The molecule has 0 bridgehead atoms. The van der Waals surface area contributed by atoms with Gasteiger partial charge < -0.3 is 14.7 Å². The molecule has 1 atom stereocenters. The minimum Gasteiger partial charge on any atom is -0.503 e. The summed E-state index contributed by atoms with van der Waals surface area (Å²) < 4.78 is 5.20. The standard InChI is InChI=1S/C21H29NO4/c1-6-7-8-13-22-17(14-9-11-15(26-5)12-10-14)16(18(23)20(22)25)19(24)21(2,3)4/h9-12,17,23H,6-8,13H2,1-5H3. The van der Waals surface area contributed by atoms with E-state index in [0.29, 0.717) is 12.3 Å². The minimum atomic E-state index is -0.687. The molecule has 0 spiro atoms. The first-order valence-corrected chi connectivity index (χ1v) is 9.15. The molecule has 1 aliphatic heterocycles. The Morgan fingerprint density at radius 3 is 2.31 bits per heavy atom. The molecule has 1 aromatic rings. The zero-order chi connectivity index (χ0) is 19.5. The highest BCUT2D eigenvalue weighted by Gasteiger charge is 2.45. The topological polar surface area (TPSA) is 66.8 Å². The molecule has 2 rings (SSSR count). The molecule has 1 amide bonds. The number of ketones is 1. The highest BCUT2D eigenvalue weighted by Crippen LogP contribution is 2.41. The summed E-state index contributed by atoms with van der Waals surface area (Å²) in [4.78, 5) is 27.3. The van der Waals surface area contributed by atoms with E-state index in [2.05, 4.69) is 6.92 Å². The zero-order valence-electron chi connectivity index (χ0n) is 16.3. The number of rotatable bonds is 7. The SMILES string of the molecule is CCCCCN1C(=O)C(O)=C(C(=O)C(C)(C)C)C1c1ccc(OC)cc1. The van der Waals surface area contributed by atoms with Gasteiger partial charge in [0.1, 0.15) is 5.75 Å². The summed E-state index contributed by atoms with van der Waals surface area (Å²) in [5.74, 6) is -0.383. The quantitative estimate of drug-likeness (QED) is 0.741. The van der Waals surface area contributed by atoms with E-state index in [-0.39, 0.29) is 11.4 Å². The van der Waals surface area contributed by atoms with Gasteiger partial charge in [-0.05, 0) is 24.1 Å². The first-order chi connectivity index (χ1) is 12.2. The van der Waals surface area contributed by atoms with Crippen LogP contribution < -0.4 is 4.74 Å². The Kier molecular flexibility index (Phi) is 6.11. The normalized spacial score (nSPS) is 17.8. The summed E-state index contributed by atoms with van der Waals surface area (Å²) in [5.41, 5.74) is 0.310. The Labute approximate surface area is 155 Å². The van der Waals surface area contributed by atoms with Crippen LogP contribution in [0.15, 0.2) is 35.6 Å². The van der Waals surface area contributed by atoms with Crippen LogP contribution in [-0.2, 0) is 9.59 Å². The molecule has 0 radical (unpaired) electrons. The number of carbonyl (C=O) groups is 2. The van der Waals surface area contributed by atoms with Gasteiger partial charge in [0.2, 0.25) is 0 Å². The van der Waals surface area contributed by atoms with Crippen molar-refractivity contribution < 1.29 is 19.4 Å². The molecule has 0 aromatic heterocycles. The molecule has 0 saturated carbocycles. The molecule has 1 aliphatic rings. The number of ether oxygens (including phenoxy) is 1. The molecular weight excluding hydrogens is 330 g/mol. The second-order valence-corrected chi connectivity index (χ2v) is 7.72. The molecule has 0 fully saturated rings. The minimum absolute atomic E-state index is 0.198. The lowest BCUT2D eigenvalue weighted by atomic mass is 9.82. The summed E-state index contributed by atoms with van der Waals surface area (Å²) in [7, 11) is 1.59. The van der Waals surface area contributed by atoms with Gasteiger partial charge in [-0.25, -0.2) is 0 Å². The van der Waals surface area contributed by atoms with Crippen molar-refractivity contribution >= 4 is 11.7 Å². The number of hydrogen-bond acceptors (Lipinski definition) is 4. The first-order valence-electron chi connectivity index (χ1n) is 9.15. The van der Waals surface area contributed by atoms with E-state index in [9.17, 15) is 14.7 Å². The fourth-order valence-corrected chi connectivity index (χ4v) is 3.19. The number of carbonyl (C=O) groups excluding carboxylic acids is 2. The fraction of sp³-hybridized carbons (Fsp3) is 0.524. The summed E-state index contributed by atoms with van der Waals surface area (Å²) in [6.45, 7) is 7.99. The van der Waals surface area contributed by atoms with Crippen LogP contribution in [0, 0.1) is 5.41 Å². The highest BCUT2D eigenvalue weighted by atomic mass is 16.5. The van der Waals surface area contributed by atoms with Crippen molar-refractivity contribution in [3.05, 3.63) is 41.2 Å². The maximum Gasteiger partial charge on any atom is 0.290 e. The monoisotopic (exact) mass is 359 g/mol. The van der Waals surface area contributed by atoms with Gasteiger partial charge in [-0.2, -0.15) is 0 Å². The zero-order valence-corrected chi connectivity index (χ0v) is 16.3. The molecular formula is C21H29NO4. The third-order valence-electron chi connectivity index (χ3n) is 4.66. The number of amides is 1. The van der Waals surface area contributed by atoms with Gasteiger partial charge >= 0.3 is 0 Å². The average molecular weight is 359 g/mol. The van der Waals surface area contributed by atoms with Gasteiger partial charge in [-0.15, -0.1) is 0 Å². The first kappa shape index (κ1) is 20.0. The molecule has 142 valence electrons. The maximum atomic E-state index is 13.0. The van der Waals surface area contributed by atoms with Crippen molar-refractivity contribution in [2.75, 3.05) is 13.7 Å².